The Morgan fingerprint density at radius 3 is 2.50 bits per heavy atom. The number of aryl methyl sites for hydroxylation is 2. The van der Waals surface area contributed by atoms with Crippen molar-refractivity contribution < 1.29 is 9.47 Å². The molecule has 1 aliphatic heterocycles. The summed E-state index contributed by atoms with van der Waals surface area (Å²) >= 11 is 0. The van der Waals surface area contributed by atoms with Crippen molar-refractivity contribution in [1.29, 1.82) is 0 Å². The van der Waals surface area contributed by atoms with E-state index in [0.29, 0.717) is 0 Å². The number of aromatic nitrogens is 2. The van der Waals surface area contributed by atoms with Gasteiger partial charge in [0.05, 0.1) is 25.5 Å². The molecule has 6 heteroatoms. The molecule has 1 aromatic rings. The first-order chi connectivity index (χ1) is 12.4. The van der Waals surface area contributed by atoms with Gasteiger partial charge < -0.3 is 9.47 Å². The molecule has 0 N–H and O–H groups in total. The lowest BCUT2D eigenvalue weighted by Gasteiger charge is -2.38. The Labute approximate surface area is 159 Å². The van der Waals surface area contributed by atoms with Gasteiger partial charge in [-0.2, -0.15) is 5.10 Å². The molecule has 2 heterocycles. The third-order valence-electron chi connectivity index (χ3n) is 5.23. The summed E-state index contributed by atoms with van der Waals surface area (Å²) in [7, 11) is 1.78. The van der Waals surface area contributed by atoms with Crippen molar-refractivity contribution in [2.75, 3.05) is 59.7 Å². The van der Waals surface area contributed by atoms with Gasteiger partial charge in [-0.25, -0.2) is 0 Å². The molecule has 1 saturated heterocycles. The van der Waals surface area contributed by atoms with Crippen molar-refractivity contribution in [2.45, 2.75) is 47.7 Å². The summed E-state index contributed by atoms with van der Waals surface area (Å²) in [5.74, 6) is 0. The highest BCUT2D eigenvalue weighted by Gasteiger charge is 2.27. The first-order valence-corrected chi connectivity index (χ1v) is 9.90. The monoisotopic (exact) mass is 366 g/mol. The highest BCUT2D eigenvalue weighted by atomic mass is 16.5. The Morgan fingerprint density at radius 2 is 1.92 bits per heavy atom. The Morgan fingerprint density at radius 1 is 1.23 bits per heavy atom. The van der Waals surface area contributed by atoms with Gasteiger partial charge in [0.15, 0.2) is 0 Å². The van der Waals surface area contributed by atoms with Gasteiger partial charge in [-0.05, 0) is 26.2 Å². The van der Waals surface area contributed by atoms with Gasteiger partial charge >= 0.3 is 0 Å². The first-order valence-electron chi connectivity index (χ1n) is 9.90. The van der Waals surface area contributed by atoms with Crippen LogP contribution in [0.3, 0.4) is 0 Å². The van der Waals surface area contributed by atoms with E-state index < -0.39 is 0 Å². The van der Waals surface area contributed by atoms with Crippen LogP contribution in [0.1, 0.15) is 37.7 Å². The molecule has 0 aromatic carbocycles. The highest BCUT2D eigenvalue weighted by Crippen LogP contribution is 2.23. The number of hydrogen-bond acceptors (Lipinski definition) is 5. The summed E-state index contributed by atoms with van der Waals surface area (Å²) in [6.45, 7) is 20.7. The molecule has 6 nitrogen and oxygen atoms in total. The standard InChI is InChI=1S/C20H38N4O2/c1-7-24-18(3)19(17(2)21-24)14-23(8-11-25-6)16-20(4,5)15-22-9-12-26-13-10-22/h7-16H2,1-6H3. The largest absolute Gasteiger partial charge is 0.383 e. The second-order valence-corrected chi connectivity index (χ2v) is 8.22. The Balaban J connectivity index is 2.04. The number of hydrogen-bond donors (Lipinski definition) is 0. The van der Waals surface area contributed by atoms with E-state index >= 15 is 0 Å². The molecule has 0 bridgehead atoms. The third-order valence-corrected chi connectivity index (χ3v) is 5.23. The van der Waals surface area contributed by atoms with Crippen LogP contribution in [0.25, 0.3) is 0 Å². The average Bonchev–Trinajstić information content (AvgIpc) is 2.87. The second kappa shape index (κ2) is 9.83. The van der Waals surface area contributed by atoms with Crippen LogP contribution in [0.2, 0.25) is 0 Å². The van der Waals surface area contributed by atoms with E-state index in [4.69, 9.17) is 9.47 Å². The summed E-state index contributed by atoms with van der Waals surface area (Å²) in [4.78, 5) is 5.06. The van der Waals surface area contributed by atoms with Gasteiger partial charge in [0, 0.05) is 64.2 Å². The predicted molar refractivity (Wildman–Crippen MR) is 106 cm³/mol. The zero-order valence-corrected chi connectivity index (χ0v) is 17.7. The normalized spacial score (nSPS) is 16.6. The molecule has 0 radical (unpaired) electrons. The number of ether oxygens (including phenoxy) is 2. The maximum atomic E-state index is 5.49. The van der Waals surface area contributed by atoms with Gasteiger partial charge in [-0.1, -0.05) is 13.8 Å². The molecule has 0 spiro atoms. The number of nitrogens with zero attached hydrogens (tertiary/aromatic N) is 4. The van der Waals surface area contributed by atoms with Gasteiger partial charge in [-0.3, -0.25) is 14.5 Å². The molecule has 0 amide bonds. The first kappa shape index (κ1) is 21.4. The van der Waals surface area contributed by atoms with Gasteiger partial charge in [0.25, 0.3) is 0 Å². The smallest absolute Gasteiger partial charge is 0.0641 e. The summed E-state index contributed by atoms with van der Waals surface area (Å²) in [5.41, 5.74) is 4.02. The summed E-state index contributed by atoms with van der Waals surface area (Å²) in [5, 5.41) is 4.69. The lowest BCUT2D eigenvalue weighted by Crippen LogP contribution is -2.46. The molecule has 26 heavy (non-hydrogen) atoms. The van der Waals surface area contributed by atoms with Crippen LogP contribution < -0.4 is 0 Å². The molecule has 0 unspecified atom stereocenters. The minimum absolute atomic E-state index is 0.216. The predicted octanol–water partition coefficient (Wildman–Crippen LogP) is 2.33. The number of morpholine rings is 1. The quantitative estimate of drug-likeness (QED) is 0.636. The van der Waals surface area contributed by atoms with E-state index in [-0.39, 0.29) is 5.41 Å². The third kappa shape index (κ3) is 6.05. The zero-order chi connectivity index (χ0) is 19.2. The summed E-state index contributed by atoms with van der Waals surface area (Å²) in [6.07, 6.45) is 0. The maximum Gasteiger partial charge on any atom is 0.0641 e. The molecular formula is C20H38N4O2. The fourth-order valence-corrected chi connectivity index (χ4v) is 3.95. The van der Waals surface area contributed by atoms with Gasteiger partial charge in [0.2, 0.25) is 0 Å². The van der Waals surface area contributed by atoms with Crippen LogP contribution in [-0.4, -0.2) is 79.2 Å². The van der Waals surface area contributed by atoms with Crippen molar-refractivity contribution in [1.82, 2.24) is 19.6 Å². The lowest BCUT2D eigenvalue weighted by molar-refractivity contribution is 0.0128. The van der Waals surface area contributed by atoms with Gasteiger partial charge in [0.1, 0.15) is 0 Å². The highest BCUT2D eigenvalue weighted by molar-refractivity contribution is 5.24. The minimum Gasteiger partial charge on any atom is -0.383 e. The van der Waals surface area contributed by atoms with E-state index in [0.717, 1.165) is 71.3 Å². The molecule has 0 atom stereocenters. The van der Waals surface area contributed by atoms with Crippen molar-refractivity contribution in [3.63, 3.8) is 0 Å². The second-order valence-electron chi connectivity index (χ2n) is 8.22. The van der Waals surface area contributed by atoms with Crippen molar-refractivity contribution >= 4 is 0 Å². The van der Waals surface area contributed by atoms with Crippen LogP contribution in [0, 0.1) is 19.3 Å². The van der Waals surface area contributed by atoms with Crippen molar-refractivity contribution in [2.24, 2.45) is 5.41 Å². The lowest BCUT2D eigenvalue weighted by atomic mass is 9.91. The van der Waals surface area contributed by atoms with Crippen LogP contribution in [0.15, 0.2) is 0 Å². The minimum atomic E-state index is 0.216. The van der Waals surface area contributed by atoms with Crippen LogP contribution in [0.4, 0.5) is 0 Å². The van der Waals surface area contributed by atoms with E-state index in [9.17, 15) is 0 Å². The Hall–Kier alpha value is -0.950. The van der Waals surface area contributed by atoms with E-state index in [1.54, 1.807) is 7.11 Å². The fraction of sp³-hybridized carbons (Fsp3) is 0.850. The number of rotatable bonds is 10. The maximum absolute atomic E-state index is 5.49. The molecule has 1 aliphatic rings. The van der Waals surface area contributed by atoms with Crippen LogP contribution in [-0.2, 0) is 22.6 Å². The Bertz CT molecular complexity index is 550. The SMILES string of the molecule is CCn1nc(C)c(CN(CCOC)CC(C)(C)CN2CCOCC2)c1C. The topological polar surface area (TPSA) is 42.8 Å². The molecule has 2 rings (SSSR count). The van der Waals surface area contributed by atoms with E-state index in [2.05, 4.69) is 54.2 Å². The molecule has 1 fully saturated rings. The zero-order valence-electron chi connectivity index (χ0n) is 17.7. The molecule has 0 saturated carbocycles. The Kier molecular flexibility index (Phi) is 8.07. The number of methoxy groups -OCH3 is 1. The van der Waals surface area contributed by atoms with Crippen LogP contribution >= 0.6 is 0 Å². The van der Waals surface area contributed by atoms with Crippen molar-refractivity contribution in [3.05, 3.63) is 17.0 Å². The van der Waals surface area contributed by atoms with Crippen molar-refractivity contribution in [3.8, 4) is 0 Å². The summed E-state index contributed by atoms with van der Waals surface area (Å²) in [6, 6.07) is 0. The van der Waals surface area contributed by atoms with E-state index in [1.807, 2.05) is 0 Å². The van der Waals surface area contributed by atoms with E-state index in [1.165, 1.54) is 11.3 Å². The van der Waals surface area contributed by atoms with Crippen LogP contribution in [0.5, 0.6) is 0 Å². The molecule has 1 aromatic heterocycles. The van der Waals surface area contributed by atoms with Gasteiger partial charge in [-0.15, -0.1) is 0 Å². The molecular weight excluding hydrogens is 328 g/mol. The summed E-state index contributed by atoms with van der Waals surface area (Å²) < 4.78 is 13.0. The average molecular weight is 367 g/mol. The fourth-order valence-electron chi connectivity index (χ4n) is 3.95. The molecule has 0 aliphatic carbocycles. The molecule has 150 valence electrons.